The Labute approximate surface area is 121 Å². The molecule has 0 amide bonds. The van der Waals surface area contributed by atoms with Crippen LogP contribution in [0.1, 0.15) is 0 Å². The number of hydrogen-bond acceptors (Lipinski definition) is 4. The number of fused-ring (bicyclic) bond motifs is 1. The number of nitrogens with zero attached hydrogens (tertiary/aromatic N) is 2. The lowest BCUT2D eigenvalue weighted by Crippen LogP contribution is -2.00. The van der Waals surface area contributed by atoms with Crippen LogP contribution in [-0.2, 0) is 0 Å². The van der Waals surface area contributed by atoms with E-state index in [0.717, 1.165) is 11.3 Å². The molecule has 0 bridgehead atoms. The van der Waals surface area contributed by atoms with Crippen LogP contribution in [0.3, 0.4) is 0 Å². The van der Waals surface area contributed by atoms with Gasteiger partial charge in [0.15, 0.2) is 0 Å². The van der Waals surface area contributed by atoms with E-state index in [-0.39, 0.29) is 6.61 Å². The zero-order valence-corrected chi connectivity index (χ0v) is 11.3. The molecule has 0 radical (unpaired) electrons. The number of alkyl halides is 1. The first-order valence-corrected chi connectivity index (χ1v) is 6.58. The van der Waals surface area contributed by atoms with Gasteiger partial charge in [0.05, 0.1) is 17.4 Å². The topological polar surface area (TPSA) is 61.0 Å². The van der Waals surface area contributed by atoms with Crippen molar-refractivity contribution in [2.45, 2.75) is 0 Å². The summed E-state index contributed by atoms with van der Waals surface area (Å²) in [4.78, 5) is 8.96. The summed E-state index contributed by atoms with van der Waals surface area (Å²) in [5.74, 6) is 0.543. The van der Waals surface area contributed by atoms with Gasteiger partial charge in [0.1, 0.15) is 24.5 Å². The molecule has 1 aromatic heterocycles. The largest absolute Gasteiger partial charge is 0.489 e. The number of benzene rings is 2. The van der Waals surface area contributed by atoms with E-state index in [1.165, 1.54) is 0 Å². The number of para-hydroxylation sites is 1. The van der Waals surface area contributed by atoms with E-state index in [9.17, 15) is 4.39 Å². The van der Waals surface area contributed by atoms with Crippen LogP contribution in [0.15, 0.2) is 48.7 Å². The predicted octanol–water partition coefficient (Wildman–Crippen LogP) is 3.23. The van der Waals surface area contributed by atoms with Crippen LogP contribution in [0, 0.1) is 0 Å². The zero-order valence-electron chi connectivity index (χ0n) is 11.3. The van der Waals surface area contributed by atoms with Crippen LogP contribution in [0.2, 0.25) is 0 Å². The number of aromatic nitrogens is 2. The average Bonchev–Trinajstić information content (AvgIpc) is 2.53. The van der Waals surface area contributed by atoms with Crippen molar-refractivity contribution in [3.05, 3.63) is 48.7 Å². The van der Waals surface area contributed by atoms with Gasteiger partial charge in [0.25, 0.3) is 0 Å². The van der Waals surface area contributed by atoms with Crippen molar-refractivity contribution >= 4 is 16.7 Å². The Morgan fingerprint density at radius 3 is 2.67 bits per heavy atom. The number of hydrogen-bond donors (Lipinski definition) is 1. The maximum Gasteiger partial charge on any atom is 0.147 e. The van der Waals surface area contributed by atoms with Crippen molar-refractivity contribution in [1.82, 2.24) is 9.97 Å². The van der Waals surface area contributed by atoms with Crippen molar-refractivity contribution in [2.24, 2.45) is 0 Å². The van der Waals surface area contributed by atoms with Gasteiger partial charge < -0.3 is 10.5 Å². The molecule has 0 spiro atoms. The van der Waals surface area contributed by atoms with Crippen molar-refractivity contribution < 1.29 is 9.13 Å². The number of ether oxygens (including phenoxy) is 1. The molecule has 5 heteroatoms. The first-order chi connectivity index (χ1) is 10.3. The molecular formula is C16H14FN3O. The summed E-state index contributed by atoms with van der Waals surface area (Å²) < 4.78 is 17.6. The van der Waals surface area contributed by atoms with Crippen molar-refractivity contribution in [3.8, 4) is 17.0 Å². The number of anilines is 1. The molecule has 0 aliphatic rings. The Morgan fingerprint density at radius 2 is 1.90 bits per heavy atom. The fourth-order valence-electron chi connectivity index (χ4n) is 2.07. The van der Waals surface area contributed by atoms with E-state index in [4.69, 9.17) is 10.5 Å². The number of nitrogen functional groups attached to an aromatic ring is 1. The van der Waals surface area contributed by atoms with Gasteiger partial charge in [-0.25, -0.2) is 14.4 Å². The summed E-state index contributed by atoms with van der Waals surface area (Å²) in [6.07, 6.45) is 1.68. The standard InChI is InChI=1S/C16H14FN3O/c17-8-9-21-15-3-1-2-13-16(15)19-10-14(20-13)11-4-6-12(18)7-5-11/h1-7,10H,8-9,18H2. The molecule has 106 valence electrons. The lowest BCUT2D eigenvalue weighted by molar-refractivity contribution is 0.275. The highest BCUT2D eigenvalue weighted by atomic mass is 19.1. The van der Waals surface area contributed by atoms with Gasteiger partial charge in [-0.3, -0.25) is 0 Å². The second kappa shape index (κ2) is 5.75. The molecule has 2 N–H and O–H groups in total. The van der Waals surface area contributed by atoms with Crippen LogP contribution >= 0.6 is 0 Å². The highest BCUT2D eigenvalue weighted by Gasteiger charge is 2.07. The van der Waals surface area contributed by atoms with Gasteiger partial charge in [-0.1, -0.05) is 18.2 Å². The second-order valence-corrected chi connectivity index (χ2v) is 4.54. The van der Waals surface area contributed by atoms with Crippen LogP contribution in [0.4, 0.5) is 10.1 Å². The van der Waals surface area contributed by atoms with Gasteiger partial charge in [-0.2, -0.15) is 0 Å². The highest BCUT2D eigenvalue weighted by molar-refractivity contribution is 5.82. The Bertz CT molecular complexity index is 759. The molecule has 0 aliphatic carbocycles. The molecule has 2 aromatic carbocycles. The molecule has 0 saturated heterocycles. The predicted molar refractivity (Wildman–Crippen MR) is 80.9 cm³/mol. The average molecular weight is 283 g/mol. The minimum absolute atomic E-state index is 0.0144. The molecular weight excluding hydrogens is 269 g/mol. The molecule has 3 aromatic rings. The Balaban J connectivity index is 2.02. The van der Waals surface area contributed by atoms with E-state index in [0.29, 0.717) is 22.5 Å². The monoisotopic (exact) mass is 283 g/mol. The van der Waals surface area contributed by atoms with E-state index >= 15 is 0 Å². The van der Waals surface area contributed by atoms with Crippen LogP contribution in [0.25, 0.3) is 22.3 Å². The number of rotatable bonds is 4. The van der Waals surface area contributed by atoms with Gasteiger partial charge in [0.2, 0.25) is 0 Å². The van der Waals surface area contributed by atoms with Gasteiger partial charge in [-0.05, 0) is 24.3 Å². The SMILES string of the molecule is Nc1ccc(-c2cnc3c(OCCF)cccc3n2)cc1. The van der Waals surface area contributed by atoms with E-state index < -0.39 is 6.67 Å². The molecule has 1 heterocycles. The Hall–Kier alpha value is -2.69. The molecule has 0 fully saturated rings. The van der Waals surface area contributed by atoms with Gasteiger partial charge >= 0.3 is 0 Å². The summed E-state index contributed by atoms with van der Waals surface area (Å²) in [6.45, 7) is -0.520. The lowest BCUT2D eigenvalue weighted by Gasteiger charge is -2.08. The molecule has 0 atom stereocenters. The molecule has 4 nitrogen and oxygen atoms in total. The summed E-state index contributed by atoms with van der Waals surface area (Å²) >= 11 is 0. The molecule has 0 saturated carbocycles. The first kappa shape index (κ1) is 13.3. The van der Waals surface area contributed by atoms with E-state index in [2.05, 4.69) is 9.97 Å². The number of halogens is 1. The van der Waals surface area contributed by atoms with Crippen molar-refractivity contribution in [3.63, 3.8) is 0 Å². The Kier molecular flexibility index (Phi) is 3.64. The third-order valence-electron chi connectivity index (χ3n) is 3.08. The summed E-state index contributed by atoms with van der Waals surface area (Å²) in [6, 6.07) is 12.9. The van der Waals surface area contributed by atoms with Crippen LogP contribution < -0.4 is 10.5 Å². The van der Waals surface area contributed by atoms with Crippen LogP contribution in [-0.4, -0.2) is 23.2 Å². The summed E-state index contributed by atoms with van der Waals surface area (Å²) in [5, 5.41) is 0. The smallest absolute Gasteiger partial charge is 0.147 e. The second-order valence-electron chi connectivity index (χ2n) is 4.54. The molecule has 3 rings (SSSR count). The minimum Gasteiger partial charge on any atom is -0.489 e. The molecule has 21 heavy (non-hydrogen) atoms. The fraction of sp³-hybridized carbons (Fsp3) is 0.125. The number of nitrogens with two attached hydrogens (primary N) is 1. The normalized spacial score (nSPS) is 10.7. The maximum atomic E-state index is 12.2. The minimum atomic E-state index is -0.534. The van der Waals surface area contributed by atoms with Crippen molar-refractivity contribution in [2.75, 3.05) is 19.0 Å². The zero-order chi connectivity index (χ0) is 14.7. The third-order valence-corrected chi connectivity index (χ3v) is 3.08. The van der Waals surface area contributed by atoms with Gasteiger partial charge in [-0.15, -0.1) is 0 Å². The maximum absolute atomic E-state index is 12.2. The fourth-order valence-corrected chi connectivity index (χ4v) is 2.07. The van der Waals surface area contributed by atoms with E-state index in [1.54, 1.807) is 12.3 Å². The van der Waals surface area contributed by atoms with Crippen LogP contribution in [0.5, 0.6) is 5.75 Å². The quantitative estimate of drug-likeness (QED) is 0.747. The Morgan fingerprint density at radius 1 is 1.10 bits per heavy atom. The third kappa shape index (κ3) is 2.76. The van der Waals surface area contributed by atoms with E-state index in [1.807, 2.05) is 36.4 Å². The summed E-state index contributed by atoms with van der Waals surface area (Å²) in [7, 11) is 0. The van der Waals surface area contributed by atoms with Crippen molar-refractivity contribution in [1.29, 1.82) is 0 Å². The molecule has 0 unspecified atom stereocenters. The lowest BCUT2D eigenvalue weighted by atomic mass is 10.1. The van der Waals surface area contributed by atoms with Gasteiger partial charge in [0, 0.05) is 11.3 Å². The highest BCUT2D eigenvalue weighted by Crippen LogP contribution is 2.25. The summed E-state index contributed by atoms with van der Waals surface area (Å²) in [5.41, 5.74) is 9.41. The molecule has 0 aliphatic heterocycles. The first-order valence-electron chi connectivity index (χ1n) is 6.58.